The van der Waals surface area contributed by atoms with Crippen molar-refractivity contribution in [3.05, 3.63) is 51.2 Å². The number of nitrogens with zero attached hydrogens (tertiary/aromatic N) is 2. The smallest absolute Gasteiger partial charge is 0.127 e. The van der Waals surface area contributed by atoms with Crippen molar-refractivity contribution >= 4 is 11.3 Å². The van der Waals surface area contributed by atoms with Crippen molar-refractivity contribution in [1.82, 2.24) is 10.3 Å². The monoisotopic (exact) mass is 275 g/mol. The van der Waals surface area contributed by atoms with E-state index in [4.69, 9.17) is 5.26 Å². The highest BCUT2D eigenvalue weighted by molar-refractivity contribution is 7.09. The Labute approximate surface area is 115 Å². The van der Waals surface area contributed by atoms with Gasteiger partial charge in [-0.2, -0.15) is 5.26 Å². The number of hydrogen-bond acceptors (Lipinski definition) is 4. The molecule has 0 bridgehead atoms. The number of halogens is 1. The van der Waals surface area contributed by atoms with E-state index in [-0.39, 0.29) is 5.82 Å². The Morgan fingerprint density at radius 3 is 3.00 bits per heavy atom. The molecule has 19 heavy (non-hydrogen) atoms. The van der Waals surface area contributed by atoms with Crippen LogP contribution in [0.15, 0.2) is 23.6 Å². The Hall–Kier alpha value is -1.77. The summed E-state index contributed by atoms with van der Waals surface area (Å²) in [4.78, 5) is 4.36. The molecule has 0 saturated carbocycles. The van der Waals surface area contributed by atoms with Gasteiger partial charge in [-0.3, -0.25) is 0 Å². The lowest BCUT2D eigenvalue weighted by molar-refractivity contribution is 0.587. The van der Waals surface area contributed by atoms with Crippen molar-refractivity contribution in [2.45, 2.75) is 19.9 Å². The zero-order valence-electron chi connectivity index (χ0n) is 10.6. The van der Waals surface area contributed by atoms with Crippen LogP contribution in [0.4, 0.5) is 4.39 Å². The molecule has 2 rings (SSSR count). The summed E-state index contributed by atoms with van der Waals surface area (Å²) in [6, 6.07) is 6.40. The Kier molecular flexibility index (Phi) is 4.61. The maximum atomic E-state index is 13.5. The third-order valence-electron chi connectivity index (χ3n) is 2.71. The fourth-order valence-electron chi connectivity index (χ4n) is 1.74. The zero-order valence-corrected chi connectivity index (χ0v) is 11.4. The zero-order chi connectivity index (χ0) is 13.7. The second-order valence-corrected chi connectivity index (χ2v) is 5.26. The molecular weight excluding hydrogens is 261 g/mol. The fourth-order valence-corrected chi connectivity index (χ4v) is 2.39. The second kappa shape index (κ2) is 6.41. The molecule has 0 aliphatic rings. The van der Waals surface area contributed by atoms with Crippen molar-refractivity contribution in [2.75, 3.05) is 6.54 Å². The Morgan fingerprint density at radius 2 is 2.32 bits per heavy atom. The highest BCUT2D eigenvalue weighted by Gasteiger charge is 2.03. The van der Waals surface area contributed by atoms with Gasteiger partial charge in [-0.05, 0) is 25.1 Å². The molecule has 1 aromatic carbocycles. The van der Waals surface area contributed by atoms with Crippen LogP contribution >= 0.6 is 11.3 Å². The van der Waals surface area contributed by atoms with Gasteiger partial charge in [-0.15, -0.1) is 11.3 Å². The number of thiazole rings is 1. The molecule has 1 aromatic heterocycles. The lowest BCUT2D eigenvalue weighted by Gasteiger charge is -2.05. The van der Waals surface area contributed by atoms with E-state index in [1.165, 1.54) is 12.1 Å². The lowest BCUT2D eigenvalue weighted by atomic mass is 10.1. The van der Waals surface area contributed by atoms with Gasteiger partial charge in [0.25, 0.3) is 0 Å². The molecular formula is C14H14FN3S. The molecule has 0 unspecified atom stereocenters. The van der Waals surface area contributed by atoms with Crippen molar-refractivity contribution < 1.29 is 4.39 Å². The van der Waals surface area contributed by atoms with Crippen molar-refractivity contribution in [1.29, 1.82) is 5.26 Å². The predicted molar refractivity (Wildman–Crippen MR) is 73.4 cm³/mol. The van der Waals surface area contributed by atoms with E-state index < -0.39 is 0 Å². The number of hydrogen-bond donors (Lipinski definition) is 1. The van der Waals surface area contributed by atoms with Gasteiger partial charge in [0.2, 0.25) is 0 Å². The van der Waals surface area contributed by atoms with Crippen LogP contribution in [-0.2, 0) is 13.0 Å². The molecule has 0 atom stereocenters. The van der Waals surface area contributed by atoms with Crippen LogP contribution in [0.5, 0.6) is 0 Å². The number of rotatable bonds is 5. The Bertz CT molecular complexity index is 601. The normalized spacial score (nSPS) is 10.4. The number of nitrogens with one attached hydrogen (secondary N) is 1. The van der Waals surface area contributed by atoms with Gasteiger partial charge in [0.15, 0.2) is 0 Å². The lowest BCUT2D eigenvalue weighted by Crippen LogP contribution is -2.17. The average Bonchev–Trinajstić information content (AvgIpc) is 2.82. The topological polar surface area (TPSA) is 48.7 Å². The first kappa shape index (κ1) is 13.7. The SMILES string of the molecule is Cc1nc(CCNCc2cc(C#N)ccc2F)cs1. The van der Waals surface area contributed by atoms with E-state index >= 15 is 0 Å². The molecule has 0 radical (unpaired) electrons. The first-order valence-corrected chi connectivity index (χ1v) is 6.87. The molecule has 0 spiro atoms. The number of nitriles is 1. The predicted octanol–water partition coefficient (Wildman–Crippen LogP) is 2.79. The highest BCUT2D eigenvalue weighted by Crippen LogP contribution is 2.10. The summed E-state index contributed by atoms with van der Waals surface area (Å²) >= 11 is 1.63. The molecule has 2 aromatic rings. The molecule has 0 aliphatic heterocycles. The summed E-state index contributed by atoms with van der Waals surface area (Å²) in [6.07, 6.45) is 0.823. The summed E-state index contributed by atoms with van der Waals surface area (Å²) in [5.74, 6) is -0.281. The molecule has 5 heteroatoms. The van der Waals surface area contributed by atoms with Crippen LogP contribution in [-0.4, -0.2) is 11.5 Å². The Balaban J connectivity index is 1.84. The third-order valence-corrected chi connectivity index (χ3v) is 3.54. The number of aromatic nitrogens is 1. The largest absolute Gasteiger partial charge is 0.312 e. The van der Waals surface area contributed by atoms with Crippen LogP contribution in [0.3, 0.4) is 0 Å². The van der Waals surface area contributed by atoms with Crippen LogP contribution < -0.4 is 5.32 Å². The molecule has 1 heterocycles. The standard InChI is InChI=1S/C14H14FN3S/c1-10-18-13(9-19-10)4-5-17-8-12-6-11(7-16)2-3-14(12)15/h2-3,6,9,17H,4-5,8H2,1H3. The van der Waals surface area contributed by atoms with Gasteiger partial charge in [0.1, 0.15) is 5.82 Å². The van der Waals surface area contributed by atoms with E-state index in [1.807, 2.05) is 18.4 Å². The molecule has 0 amide bonds. The van der Waals surface area contributed by atoms with E-state index in [9.17, 15) is 4.39 Å². The third kappa shape index (κ3) is 3.85. The number of aryl methyl sites for hydroxylation is 1. The first-order valence-electron chi connectivity index (χ1n) is 5.99. The highest BCUT2D eigenvalue weighted by atomic mass is 32.1. The molecule has 1 N–H and O–H groups in total. The second-order valence-electron chi connectivity index (χ2n) is 4.20. The summed E-state index contributed by atoms with van der Waals surface area (Å²) in [5.41, 5.74) is 2.06. The minimum Gasteiger partial charge on any atom is -0.312 e. The fraction of sp³-hybridized carbons (Fsp3) is 0.286. The van der Waals surface area contributed by atoms with E-state index in [0.717, 1.165) is 23.7 Å². The quantitative estimate of drug-likeness (QED) is 0.854. The van der Waals surface area contributed by atoms with Crippen LogP contribution in [0.25, 0.3) is 0 Å². The van der Waals surface area contributed by atoms with E-state index in [1.54, 1.807) is 17.4 Å². The average molecular weight is 275 g/mol. The van der Waals surface area contributed by atoms with Gasteiger partial charge in [0, 0.05) is 30.5 Å². The minimum absolute atomic E-state index is 0.281. The Morgan fingerprint density at radius 1 is 1.47 bits per heavy atom. The minimum atomic E-state index is -0.281. The summed E-state index contributed by atoms with van der Waals surface area (Å²) in [6.45, 7) is 3.13. The van der Waals surface area contributed by atoms with Crippen LogP contribution in [0, 0.1) is 24.1 Å². The number of benzene rings is 1. The van der Waals surface area contributed by atoms with Gasteiger partial charge in [-0.1, -0.05) is 0 Å². The van der Waals surface area contributed by atoms with Gasteiger partial charge >= 0.3 is 0 Å². The van der Waals surface area contributed by atoms with Crippen LogP contribution in [0.2, 0.25) is 0 Å². The summed E-state index contributed by atoms with van der Waals surface area (Å²) in [5, 5.41) is 15.0. The van der Waals surface area contributed by atoms with Crippen LogP contribution in [0.1, 0.15) is 21.8 Å². The first-order chi connectivity index (χ1) is 9.19. The van der Waals surface area contributed by atoms with Crippen molar-refractivity contribution in [3.8, 4) is 6.07 Å². The molecule has 3 nitrogen and oxygen atoms in total. The maximum absolute atomic E-state index is 13.5. The van der Waals surface area contributed by atoms with Gasteiger partial charge in [0.05, 0.1) is 22.3 Å². The molecule has 98 valence electrons. The summed E-state index contributed by atoms with van der Waals surface area (Å²) in [7, 11) is 0. The van der Waals surface area contributed by atoms with Crippen molar-refractivity contribution in [2.24, 2.45) is 0 Å². The molecule has 0 aliphatic carbocycles. The van der Waals surface area contributed by atoms with Gasteiger partial charge < -0.3 is 5.32 Å². The van der Waals surface area contributed by atoms with Crippen molar-refractivity contribution in [3.63, 3.8) is 0 Å². The molecule has 0 fully saturated rings. The van der Waals surface area contributed by atoms with E-state index in [0.29, 0.717) is 17.7 Å². The van der Waals surface area contributed by atoms with E-state index in [2.05, 4.69) is 10.3 Å². The van der Waals surface area contributed by atoms with Gasteiger partial charge in [-0.25, -0.2) is 9.37 Å². The maximum Gasteiger partial charge on any atom is 0.127 e. The molecule has 0 saturated heterocycles. The summed E-state index contributed by atoms with van der Waals surface area (Å²) < 4.78 is 13.5.